The molecule has 1 aliphatic carbocycles. The number of aryl methyl sites for hydroxylation is 1. The lowest BCUT2D eigenvalue weighted by Crippen LogP contribution is -2.39. The van der Waals surface area contributed by atoms with Crippen LogP contribution in [0.15, 0.2) is 17.3 Å². The van der Waals surface area contributed by atoms with Crippen LogP contribution >= 0.6 is 11.6 Å². The minimum absolute atomic E-state index is 0.499. The molecule has 0 spiro atoms. The minimum Gasteiger partial charge on any atom is -0.378 e. The Morgan fingerprint density at radius 3 is 2.83 bits per heavy atom. The van der Waals surface area contributed by atoms with E-state index in [0.717, 1.165) is 42.8 Å². The van der Waals surface area contributed by atoms with Gasteiger partial charge in [0.1, 0.15) is 0 Å². The summed E-state index contributed by atoms with van der Waals surface area (Å²) in [6.45, 7) is 2.46. The highest BCUT2D eigenvalue weighted by atomic mass is 35.5. The Morgan fingerprint density at radius 2 is 2.22 bits per heavy atom. The molecule has 1 aromatic heterocycles. The summed E-state index contributed by atoms with van der Waals surface area (Å²) in [4.78, 5) is 6.44. The van der Waals surface area contributed by atoms with Gasteiger partial charge < -0.3 is 19.5 Å². The van der Waals surface area contributed by atoms with Crippen molar-refractivity contribution >= 4 is 17.6 Å². The van der Waals surface area contributed by atoms with Gasteiger partial charge in [0.25, 0.3) is 0 Å². The monoisotopic (exact) mass is 340 g/mol. The van der Waals surface area contributed by atoms with Crippen LogP contribution in [0, 0.1) is 0 Å². The Hall–Kier alpha value is -1.20. The zero-order chi connectivity index (χ0) is 16.7. The summed E-state index contributed by atoms with van der Waals surface area (Å²) in [5.41, 5.74) is 1.16. The zero-order valence-electron chi connectivity index (χ0n) is 14.5. The van der Waals surface area contributed by atoms with Gasteiger partial charge in [-0.25, -0.2) is 0 Å². The standard InChI is InChI=1S/C17H29ClN4O/c1-19-17(20-9-6-10-23-16-7-4-5-8-16)22(3)13-15-11-14(18)12-21(15)2/h11-12,16H,4-10,13H2,1-3H3,(H,19,20). The molecule has 5 nitrogen and oxygen atoms in total. The Bertz CT molecular complexity index is 509. The van der Waals surface area contributed by atoms with Gasteiger partial charge >= 0.3 is 0 Å². The van der Waals surface area contributed by atoms with Crippen molar-refractivity contribution in [2.75, 3.05) is 27.2 Å². The number of ether oxygens (including phenoxy) is 1. The van der Waals surface area contributed by atoms with Gasteiger partial charge in [-0.2, -0.15) is 0 Å². The molecule has 0 aromatic carbocycles. The first kappa shape index (κ1) is 18.1. The van der Waals surface area contributed by atoms with Crippen LogP contribution in [0.3, 0.4) is 0 Å². The van der Waals surface area contributed by atoms with Crippen molar-refractivity contribution in [3.05, 3.63) is 23.0 Å². The third-order valence-electron chi connectivity index (χ3n) is 4.31. The second kappa shape index (κ2) is 9.18. The van der Waals surface area contributed by atoms with E-state index < -0.39 is 0 Å². The smallest absolute Gasteiger partial charge is 0.193 e. The second-order valence-electron chi connectivity index (χ2n) is 6.22. The summed E-state index contributed by atoms with van der Waals surface area (Å²) in [6, 6.07) is 1.99. The number of rotatable bonds is 7. The number of hydrogen-bond donors (Lipinski definition) is 1. The van der Waals surface area contributed by atoms with Gasteiger partial charge in [0.05, 0.1) is 17.7 Å². The van der Waals surface area contributed by atoms with Crippen molar-refractivity contribution in [3.8, 4) is 0 Å². The minimum atomic E-state index is 0.499. The molecule has 0 unspecified atom stereocenters. The van der Waals surface area contributed by atoms with Crippen LogP contribution in [-0.4, -0.2) is 48.8 Å². The molecule has 2 rings (SSSR count). The molecule has 0 radical (unpaired) electrons. The number of hydrogen-bond acceptors (Lipinski definition) is 2. The molecule has 1 heterocycles. The average molecular weight is 341 g/mol. The molecule has 0 saturated heterocycles. The largest absolute Gasteiger partial charge is 0.378 e. The first-order valence-corrected chi connectivity index (χ1v) is 8.82. The lowest BCUT2D eigenvalue weighted by Gasteiger charge is -2.22. The Balaban J connectivity index is 1.68. The van der Waals surface area contributed by atoms with E-state index in [0.29, 0.717) is 6.10 Å². The van der Waals surface area contributed by atoms with E-state index in [2.05, 4.69) is 15.2 Å². The van der Waals surface area contributed by atoms with Gasteiger partial charge in [0.15, 0.2) is 5.96 Å². The Morgan fingerprint density at radius 1 is 1.48 bits per heavy atom. The van der Waals surface area contributed by atoms with Crippen LogP contribution in [-0.2, 0) is 18.3 Å². The van der Waals surface area contributed by atoms with Crippen LogP contribution in [0.25, 0.3) is 0 Å². The molecule has 1 saturated carbocycles. The van der Waals surface area contributed by atoms with Crippen molar-refractivity contribution in [3.63, 3.8) is 0 Å². The molecule has 0 bridgehead atoms. The third-order valence-corrected chi connectivity index (χ3v) is 4.51. The highest BCUT2D eigenvalue weighted by molar-refractivity contribution is 6.30. The third kappa shape index (κ3) is 5.74. The number of halogens is 1. The normalized spacial score (nSPS) is 16.1. The molecule has 0 atom stereocenters. The molecule has 1 aromatic rings. The highest BCUT2D eigenvalue weighted by Gasteiger charge is 2.14. The summed E-state index contributed by atoms with van der Waals surface area (Å²) in [6.07, 6.45) is 8.53. The zero-order valence-corrected chi connectivity index (χ0v) is 15.3. The predicted octanol–water partition coefficient (Wildman–Crippen LogP) is 3.04. The molecular formula is C17H29ClN4O. The summed E-state index contributed by atoms with van der Waals surface area (Å²) in [7, 11) is 5.85. The summed E-state index contributed by atoms with van der Waals surface area (Å²) >= 11 is 6.04. The number of nitrogens with zero attached hydrogens (tertiary/aromatic N) is 3. The maximum absolute atomic E-state index is 6.04. The molecule has 0 amide bonds. The van der Waals surface area contributed by atoms with E-state index in [-0.39, 0.29) is 0 Å². The van der Waals surface area contributed by atoms with Crippen molar-refractivity contribution in [1.29, 1.82) is 0 Å². The van der Waals surface area contributed by atoms with Gasteiger partial charge in [0.2, 0.25) is 0 Å². The van der Waals surface area contributed by atoms with Crippen LogP contribution in [0.4, 0.5) is 0 Å². The molecule has 130 valence electrons. The molecular weight excluding hydrogens is 312 g/mol. The lowest BCUT2D eigenvalue weighted by atomic mass is 10.3. The fraction of sp³-hybridized carbons (Fsp3) is 0.706. The van der Waals surface area contributed by atoms with Crippen LogP contribution in [0.1, 0.15) is 37.8 Å². The topological polar surface area (TPSA) is 41.8 Å². The van der Waals surface area contributed by atoms with Crippen molar-refractivity contribution in [2.45, 2.75) is 44.8 Å². The highest BCUT2D eigenvalue weighted by Crippen LogP contribution is 2.20. The molecule has 1 aliphatic rings. The summed E-state index contributed by atoms with van der Waals surface area (Å²) < 4.78 is 7.92. The number of guanidine groups is 1. The van der Waals surface area contributed by atoms with Crippen molar-refractivity contribution in [2.24, 2.45) is 12.0 Å². The van der Waals surface area contributed by atoms with Crippen LogP contribution in [0.2, 0.25) is 5.02 Å². The van der Waals surface area contributed by atoms with E-state index in [9.17, 15) is 0 Å². The van der Waals surface area contributed by atoms with Crippen LogP contribution in [0.5, 0.6) is 0 Å². The van der Waals surface area contributed by atoms with Gasteiger partial charge in [-0.3, -0.25) is 4.99 Å². The molecule has 1 N–H and O–H groups in total. The van der Waals surface area contributed by atoms with E-state index in [1.807, 2.05) is 38.0 Å². The van der Waals surface area contributed by atoms with E-state index in [1.54, 1.807) is 0 Å². The summed E-state index contributed by atoms with van der Waals surface area (Å²) in [5, 5.41) is 4.16. The van der Waals surface area contributed by atoms with E-state index >= 15 is 0 Å². The predicted molar refractivity (Wildman–Crippen MR) is 96.1 cm³/mol. The SMILES string of the molecule is CN=C(NCCCOC1CCCC1)N(C)Cc1cc(Cl)cn1C. The second-order valence-corrected chi connectivity index (χ2v) is 6.66. The van der Waals surface area contributed by atoms with E-state index in [1.165, 1.54) is 25.7 Å². The lowest BCUT2D eigenvalue weighted by molar-refractivity contribution is 0.0573. The number of aromatic nitrogens is 1. The Labute approximate surface area is 144 Å². The van der Waals surface area contributed by atoms with E-state index in [4.69, 9.17) is 16.3 Å². The number of nitrogens with one attached hydrogen (secondary N) is 1. The Kier molecular flexibility index (Phi) is 7.24. The van der Waals surface area contributed by atoms with Crippen molar-refractivity contribution < 1.29 is 4.74 Å². The summed E-state index contributed by atoms with van der Waals surface area (Å²) in [5.74, 6) is 0.892. The maximum Gasteiger partial charge on any atom is 0.193 e. The fourth-order valence-electron chi connectivity index (χ4n) is 3.00. The number of aliphatic imine (C=N–C) groups is 1. The fourth-order valence-corrected chi connectivity index (χ4v) is 3.28. The van der Waals surface area contributed by atoms with Gasteiger partial charge in [-0.05, 0) is 25.3 Å². The maximum atomic E-state index is 6.04. The molecule has 6 heteroatoms. The van der Waals surface area contributed by atoms with Gasteiger partial charge in [-0.1, -0.05) is 24.4 Å². The molecule has 0 aliphatic heterocycles. The van der Waals surface area contributed by atoms with Crippen molar-refractivity contribution in [1.82, 2.24) is 14.8 Å². The molecule has 23 heavy (non-hydrogen) atoms. The molecule has 1 fully saturated rings. The first-order chi connectivity index (χ1) is 11.1. The van der Waals surface area contributed by atoms with Gasteiger partial charge in [0, 0.05) is 46.2 Å². The van der Waals surface area contributed by atoms with Crippen LogP contribution < -0.4 is 5.32 Å². The van der Waals surface area contributed by atoms with Gasteiger partial charge in [-0.15, -0.1) is 0 Å². The quantitative estimate of drug-likeness (QED) is 0.471. The first-order valence-electron chi connectivity index (χ1n) is 8.44. The average Bonchev–Trinajstić information content (AvgIpc) is 3.13.